The van der Waals surface area contributed by atoms with E-state index in [2.05, 4.69) is 15.2 Å². The Hall–Kier alpha value is -2.61. The number of H-pyrrole nitrogens is 1. The zero-order valence-electron chi connectivity index (χ0n) is 14.5. The Morgan fingerprint density at radius 1 is 1.36 bits per heavy atom. The molecule has 0 fully saturated rings. The maximum atomic E-state index is 13.2. The third-order valence-electron chi connectivity index (χ3n) is 3.37. The number of amidine groups is 1. The molecule has 0 unspecified atom stereocenters. The number of likely N-dealkylation sites (N-methyl/N-ethyl adjacent to an activating group) is 1. The average molecular weight is 362 g/mol. The zero-order chi connectivity index (χ0) is 18.6. The molecule has 1 aromatic carbocycles. The van der Waals surface area contributed by atoms with Crippen LogP contribution in [0.15, 0.2) is 29.3 Å². The van der Waals surface area contributed by atoms with Gasteiger partial charge in [0, 0.05) is 25.4 Å². The SMILES string of the molecule is CCOC(=O)C(=NC(=S)c1c(-c2ccc(F)cc2)n[nH]c1C)N(C)C. The van der Waals surface area contributed by atoms with Crippen molar-refractivity contribution >= 4 is 29.0 Å². The topological polar surface area (TPSA) is 70.6 Å². The lowest BCUT2D eigenvalue weighted by Crippen LogP contribution is -2.32. The molecule has 0 saturated heterocycles. The van der Waals surface area contributed by atoms with E-state index >= 15 is 0 Å². The predicted molar refractivity (Wildman–Crippen MR) is 98.2 cm³/mol. The molecule has 25 heavy (non-hydrogen) atoms. The van der Waals surface area contributed by atoms with Crippen LogP contribution >= 0.6 is 12.2 Å². The Kier molecular flexibility index (Phi) is 5.97. The molecule has 2 aromatic rings. The van der Waals surface area contributed by atoms with Crippen LogP contribution in [0, 0.1) is 12.7 Å². The van der Waals surface area contributed by atoms with E-state index in [4.69, 9.17) is 17.0 Å². The van der Waals surface area contributed by atoms with Crippen LogP contribution in [0.3, 0.4) is 0 Å². The molecule has 1 aromatic heterocycles. The molecule has 2 rings (SSSR count). The fourth-order valence-corrected chi connectivity index (χ4v) is 2.52. The molecular formula is C17H19FN4O2S. The van der Waals surface area contributed by atoms with Gasteiger partial charge in [0.1, 0.15) is 16.5 Å². The maximum absolute atomic E-state index is 13.2. The van der Waals surface area contributed by atoms with Gasteiger partial charge in [0.05, 0.1) is 12.2 Å². The van der Waals surface area contributed by atoms with Gasteiger partial charge in [0.15, 0.2) is 0 Å². The molecule has 0 radical (unpaired) electrons. The number of benzene rings is 1. The first-order valence-corrected chi connectivity index (χ1v) is 8.04. The van der Waals surface area contributed by atoms with Gasteiger partial charge in [0.2, 0.25) is 5.84 Å². The van der Waals surface area contributed by atoms with E-state index in [1.165, 1.54) is 17.0 Å². The Morgan fingerprint density at radius 3 is 2.56 bits per heavy atom. The summed E-state index contributed by atoms with van der Waals surface area (Å²) in [5, 5.41) is 7.09. The number of aromatic nitrogens is 2. The van der Waals surface area contributed by atoms with E-state index in [9.17, 15) is 9.18 Å². The first kappa shape index (κ1) is 18.7. The number of hydrogen-bond donors (Lipinski definition) is 1. The standard InChI is InChI=1S/C17H19FN4O2S/c1-5-24-17(23)15(22(3)4)19-16(25)13-10(2)20-21-14(13)11-6-8-12(18)9-7-11/h6-9H,5H2,1-4H3,(H,20,21). The summed E-state index contributed by atoms with van der Waals surface area (Å²) in [5.41, 5.74) is 2.54. The van der Waals surface area contributed by atoms with Crippen molar-refractivity contribution in [1.82, 2.24) is 15.1 Å². The smallest absolute Gasteiger partial charge is 0.374 e. The van der Waals surface area contributed by atoms with E-state index < -0.39 is 5.97 Å². The number of nitrogens with zero attached hydrogens (tertiary/aromatic N) is 3. The Labute approximate surface area is 150 Å². The number of aromatic amines is 1. The highest BCUT2D eigenvalue weighted by Crippen LogP contribution is 2.25. The number of hydrogen-bond acceptors (Lipinski definition) is 4. The van der Waals surface area contributed by atoms with Gasteiger partial charge in [-0.25, -0.2) is 14.2 Å². The van der Waals surface area contributed by atoms with Crippen molar-refractivity contribution in [2.75, 3.05) is 20.7 Å². The zero-order valence-corrected chi connectivity index (χ0v) is 15.3. The minimum atomic E-state index is -0.556. The molecule has 0 bridgehead atoms. The molecule has 132 valence electrons. The van der Waals surface area contributed by atoms with Crippen LogP contribution in [-0.4, -0.2) is 52.6 Å². The van der Waals surface area contributed by atoms with Gasteiger partial charge in [-0.05, 0) is 38.1 Å². The van der Waals surface area contributed by atoms with Crippen LogP contribution in [0.25, 0.3) is 11.3 Å². The second-order valence-electron chi connectivity index (χ2n) is 5.43. The van der Waals surface area contributed by atoms with Gasteiger partial charge in [-0.3, -0.25) is 5.10 Å². The minimum Gasteiger partial charge on any atom is -0.460 e. The van der Waals surface area contributed by atoms with Crippen molar-refractivity contribution < 1.29 is 13.9 Å². The van der Waals surface area contributed by atoms with Crippen LogP contribution in [0.5, 0.6) is 0 Å². The second-order valence-corrected chi connectivity index (χ2v) is 5.82. The first-order valence-electron chi connectivity index (χ1n) is 7.63. The van der Waals surface area contributed by atoms with Crippen molar-refractivity contribution in [3.63, 3.8) is 0 Å². The summed E-state index contributed by atoms with van der Waals surface area (Å²) in [5.74, 6) is -0.799. The normalized spacial score (nSPS) is 11.3. The molecule has 0 spiro atoms. The molecule has 0 aliphatic carbocycles. The molecule has 8 heteroatoms. The van der Waals surface area contributed by atoms with E-state index in [1.54, 1.807) is 40.1 Å². The van der Waals surface area contributed by atoms with Crippen molar-refractivity contribution in [2.45, 2.75) is 13.8 Å². The number of aliphatic imine (C=N–C) groups is 1. The first-order chi connectivity index (χ1) is 11.8. The van der Waals surface area contributed by atoms with Gasteiger partial charge in [0.25, 0.3) is 0 Å². The van der Waals surface area contributed by atoms with Gasteiger partial charge in [-0.15, -0.1) is 0 Å². The summed E-state index contributed by atoms with van der Waals surface area (Å²) >= 11 is 5.42. The van der Waals surface area contributed by atoms with Crippen LogP contribution < -0.4 is 0 Å². The van der Waals surface area contributed by atoms with E-state index in [-0.39, 0.29) is 23.2 Å². The molecule has 0 atom stereocenters. The summed E-state index contributed by atoms with van der Waals surface area (Å²) in [6, 6.07) is 5.91. The maximum Gasteiger partial charge on any atom is 0.374 e. The summed E-state index contributed by atoms with van der Waals surface area (Å²) in [7, 11) is 3.36. The monoisotopic (exact) mass is 362 g/mol. The second kappa shape index (κ2) is 7.98. The Balaban J connectivity index is 2.45. The van der Waals surface area contributed by atoms with Crippen LogP contribution in [-0.2, 0) is 9.53 Å². The quantitative estimate of drug-likeness (QED) is 0.393. The highest BCUT2D eigenvalue weighted by Gasteiger charge is 2.20. The van der Waals surface area contributed by atoms with Gasteiger partial charge >= 0.3 is 5.97 Å². The highest BCUT2D eigenvalue weighted by molar-refractivity contribution is 7.80. The number of nitrogens with one attached hydrogen (secondary N) is 1. The number of esters is 1. The number of carbonyl (C=O) groups is 1. The largest absolute Gasteiger partial charge is 0.460 e. The van der Waals surface area contributed by atoms with Crippen LogP contribution in [0.2, 0.25) is 0 Å². The molecule has 0 amide bonds. The number of rotatable bonds is 3. The predicted octanol–water partition coefficient (Wildman–Crippen LogP) is 2.72. The third-order valence-corrected chi connectivity index (χ3v) is 3.66. The molecule has 0 aliphatic heterocycles. The van der Waals surface area contributed by atoms with Gasteiger partial charge in [-0.2, -0.15) is 5.10 Å². The summed E-state index contributed by atoms with van der Waals surface area (Å²) in [6.45, 7) is 3.76. The third kappa shape index (κ3) is 4.27. The molecule has 1 heterocycles. The summed E-state index contributed by atoms with van der Waals surface area (Å²) in [4.78, 5) is 18.1. The van der Waals surface area contributed by atoms with E-state index in [0.29, 0.717) is 22.5 Å². The Morgan fingerprint density at radius 2 is 2.00 bits per heavy atom. The summed E-state index contributed by atoms with van der Waals surface area (Å²) < 4.78 is 18.2. The number of aryl methyl sites for hydroxylation is 1. The fourth-order valence-electron chi connectivity index (χ4n) is 2.18. The Bertz CT molecular complexity index is 813. The highest BCUT2D eigenvalue weighted by atomic mass is 32.1. The lowest BCUT2D eigenvalue weighted by Gasteiger charge is -2.14. The van der Waals surface area contributed by atoms with Gasteiger partial charge in [-0.1, -0.05) is 12.2 Å². The summed E-state index contributed by atoms with van der Waals surface area (Å²) in [6.07, 6.45) is 0. The average Bonchev–Trinajstić information content (AvgIpc) is 2.94. The fraction of sp³-hybridized carbons (Fsp3) is 0.294. The minimum absolute atomic E-state index is 0.0949. The number of halogens is 1. The molecule has 6 nitrogen and oxygen atoms in total. The van der Waals surface area contributed by atoms with Crippen LogP contribution in [0.1, 0.15) is 18.2 Å². The van der Waals surface area contributed by atoms with E-state index in [1.807, 2.05) is 0 Å². The lowest BCUT2D eigenvalue weighted by atomic mass is 10.1. The van der Waals surface area contributed by atoms with E-state index in [0.717, 1.165) is 0 Å². The van der Waals surface area contributed by atoms with Crippen LogP contribution in [0.4, 0.5) is 4.39 Å². The molecule has 1 N–H and O–H groups in total. The molecular weight excluding hydrogens is 343 g/mol. The number of carbonyl (C=O) groups excluding carboxylic acids is 1. The number of thiocarbonyl (C=S) groups is 1. The molecule has 0 saturated carbocycles. The van der Waals surface area contributed by atoms with Gasteiger partial charge < -0.3 is 9.64 Å². The van der Waals surface area contributed by atoms with Crippen molar-refractivity contribution in [3.05, 3.63) is 41.3 Å². The van der Waals surface area contributed by atoms with Crippen molar-refractivity contribution in [3.8, 4) is 11.3 Å². The number of ether oxygens (including phenoxy) is 1. The van der Waals surface area contributed by atoms with Crippen molar-refractivity contribution in [2.24, 2.45) is 4.99 Å². The lowest BCUT2D eigenvalue weighted by molar-refractivity contribution is -0.135. The van der Waals surface area contributed by atoms with Crippen molar-refractivity contribution in [1.29, 1.82) is 0 Å². The molecule has 0 aliphatic rings.